The molecule has 1 aromatic carbocycles. The van der Waals surface area contributed by atoms with Gasteiger partial charge in [0.05, 0.1) is 5.69 Å². The van der Waals surface area contributed by atoms with Crippen LogP contribution in [0.15, 0.2) is 18.2 Å². The molecule has 4 nitrogen and oxygen atoms in total. The van der Waals surface area contributed by atoms with E-state index >= 15 is 0 Å². The van der Waals surface area contributed by atoms with E-state index < -0.39 is 5.82 Å². The van der Waals surface area contributed by atoms with E-state index in [1.54, 1.807) is 12.1 Å². The zero-order chi connectivity index (χ0) is 13.8. The zero-order valence-electron chi connectivity index (χ0n) is 10.9. The Hall–Kier alpha value is -1.91. The van der Waals surface area contributed by atoms with Gasteiger partial charge in [-0.15, -0.1) is 0 Å². The van der Waals surface area contributed by atoms with Crippen LogP contribution in [0.5, 0.6) is 0 Å². The molecular weight excluding hydrogens is 247 g/mol. The van der Waals surface area contributed by atoms with Crippen molar-refractivity contribution in [2.75, 3.05) is 18.0 Å². The van der Waals surface area contributed by atoms with E-state index in [0.29, 0.717) is 19.4 Å². The SMILES string of the molecule is CCCNC(=O)CN1C(=O)CCc2cccc(F)c21. The first kappa shape index (κ1) is 13.5. The van der Waals surface area contributed by atoms with Crippen molar-refractivity contribution in [3.63, 3.8) is 0 Å². The number of nitrogens with zero attached hydrogens (tertiary/aromatic N) is 1. The number of hydrogen-bond donors (Lipinski definition) is 1. The molecule has 2 amide bonds. The number of carbonyl (C=O) groups is 2. The van der Waals surface area contributed by atoms with Crippen molar-refractivity contribution in [3.05, 3.63) is 29.6 Å². The minimum atomic E-state index is -0.450. The highest BCUT2D eigenvalue weighted by molar-refractivity contribution is 6.01. The molecule has 1 aliphatic heterocycles. The number of fused-ring (bicyclic) bond motifs is 1. The second-order valence-corrected chi connectivity index (χ2v) is 4.58. The van der Waals surface area contributed by atoms with Crippen LogP contribution < -0.4 is 10.2 Å². The van der Waals surface area contributed by atoms with Crippen molar-refractivity contribution in [2.24, 2.45) is 0 Å². The normalized spacial score (nSPS) is 14.2. The molecule has 0 atom stereocenters. The Morgan fingerprint density at radius 2 is 2.21 bits per heavy atom. The molecule has 0 saturated carbocycles. The van der Waals surface area contributed by atoms with Crippen LogP contribution in [0.1, 0.15) is 25.3 Å². The Morgan fingerprint density at radius 3 is 2.95 bits per heavy atom. The van der Waals surface area contributed by atoms with E-state index in [0.717, 1.165) is 12.0 Å². The highest BCUT2D eigenvalue weighted by Crippen LogP contribution is 2.30. The smallest absolute Gasteiger partial charge is 0.240 e. The van der Waals surface area contributed by atoms with Gasteiger partial charge in [-0.2, -0.15) is 0 Å². The molecule has 102 valence electrons. The van der Waals surface area contributed by atoms with Gasteiger partial charge in [-0.1, -0.05) is 19.1 Å². The van der Waals surface area contributed by atoms with Gasteiger partial charge in [0.15, 0.2) is 0 Å². The lowest BCUT2D eigenvalue weighted by Gasteiger charge is -2.29. The van der Waals surface area contributed by atoms with Gasteiger partial charge >= 0.3 is 0 Å². The van der Waals surface area contributed by atoms with Crippen LogP contribution in [0.25, 0.3) is 0 Å². The van der Waals surface area contributed by atoms with Crippen molar-refractivity contribution in [3.8, 4) is 0 Å². The van der Waals surface area contributed by atoms with Gasteiger partial charge in [-0.05, 0) is 24.5 Å². The Morgan fingerprint density at radius 1 is 1.42 bits per heavy atom. The van der Waals surface area contributed by atoms with Crippen LogP contribution in [0.4, 0.5) is 10.1 Å². The van der Waals surface area contributed by atoms with Gasteiger partial charge in [0.1, 0.15) is 12.4 Å². The van der Waals surface area contributed by atoms with Crippen LogP contribution in [-0.2, 0) is 16.0 Å². The van der Waals surface area contributed by atoms with Crippen LogP contribution >= 0.6 is 0 Å². The molecule has 0 bridgehead atoms. The monoisotopic (exact) mass is 264 g/mol. The lowest BCUT2D eigenvalue weighted by atomic mass is 10.0. The van der Waals surface area contributed by atoms with Crippen LogP contribution in [0, 0.1) is 5.82 Å². The average molecular weight is 264 g/mol. The summed E-state index contributed by atoms with van der Waals surface area (Å²) in [5.41, 5.74) is 1.04. The van der Waals surface area contributed by atoms with Crippen LogP contribution in [-0.4, -0.2) is 24.9 Å². The van der Waals surface area contributed by atoms with Gasteiger partial charge in [0.2, 0.25) is 11.8 Å². The third-order valence-electron chi connectivity index (χ3n) is 3.12. The molecule has 0 saturated heterocycles. The van der Waals surface area contributed by atoms with Gasteiger partial charge in [-0.25, -0.2) is 4.39 Å². The number of amides is 2. The number of aryl methyl sites for hydroxylation is 1. The highest BCUT2D eigenvalue weighted by Gasteiger charge is 2.28. The first-order valence-electron chi connectivity index (χ1n) is 6.48. The minimum absolute atomic E-state index is 0.118. The summed E-state index contributed by atoms with van der Waals surface area (Å²) in [6.45, 7) is 2.39. The summed E-state index contributed by atoms with van der Waals surface area (Å²) in [5, 5.41) is 2.70. The molecule has 1 N–H and O–H groups in total. The number of anilines is 1. The largest absolute Gasteiger partial charge is 0.355 e. The molecule has 1 heterocycles. The number of nitrogens with one attached hydrogen (secondary N) is 1. The molecule has 0 aliphatic carbocycles. The molecular formula is C14H17FN2O2. The molecule has 2 rings (SSSR count). The number of halogens is 1. The van der Waals surface area contributed by atoms with Gasteiger partial charge in [0.25, 0.3) is 0 Å². The first-order valence-corrected chi connectivity index (χ1v) is 6.48. The highest BCUT2D eigenvalue weighted by atomic mass is 19.1. The second kappa shape index (κ2) is 5.82. The molecule has 19 heavy (non-hydrogen) atoms. The molecule has 1 aliphatic rings. The average Bonchev–Trinajstić information content (AvgIpc) is 2.40. The van der Waals surface area contributed by atoms with Crippen molar-refractivity contribution >= 4 is 17.5 Å². The third kappa shape index (κ3) is 2.92. The first-order chi connectivity index (χ1) is 9.13. The van der Waals surface area contributed by atoms with Gasteiger partial charge in [-0.3, -0.25) is 14.5 Å². The Kier molecular flexibility index (Phi) is 4.14. The van der Waals surface area contributed by atoms with Crippen molar-refractivity contribution in [1.29, 1.82) is 0 Å². The van der Waals surface area contributed by atoms with E-state index in [1.165, 1.54) is 11.0 Å². The summed E-state index contributed by atoms with van der Waals surface area (Å²) in [4.78, 5) is 24.9. The number of carbonyl (C=O) groups excluding carboxylic acids is 2. The molecule has 0 spiro atoms. The number of rotatable bonds is 4. The molecule has 0 radical (unpaired) electrons. The fourth-order valence-corrected chi connectivity index (χ4v) is 2.20. The lowest BCUT2D eigenvalue weighted by Crippen LogP contribution is -2.43. The quantitative estimate of drug-likeness (QED) is 0.898. The Balaban J connectivity index is 2.21. The fraction of sp³-hybridized carbons (Fsp3) is 0.429. The minimum Gasteiger partial charge on any atom is -0.355 e. The zero-order valence-corrected chi connectivity index (χ0v) is 10.9. The lowest BCUT2D eigenvalue weighted by molar-refractivity contribution is -0.124. The summed E-state index contributed by atoms with van der Waals surface area (Å²) in [7, 11) is 0. The summed E-state index contributed by atoms with van der Waals surface area (Å²) in [6, 6.07) is 4.73. The molecule has 0 fully saturated rings. The molecule has 1 aromatic rings. The number of para-hydroxylation sites is 1. The van der Waals surface area contributed by atoms with Crippen molar-refractivity contribution < 1.29 is 14.0 Å². The summed E-state index contributed by atoms with van der Waals surface area (Å²) < 4.78 is 13.9. The maximum absolute atomic E-state index is 13.9. The predicted molar refractivity (Wildman–Crippen MR) is 70.4 cm³/mol. The predicted octanol–water partition coefficient (Wildman–Crippen LogP) is 1.63. The topological polar surface area (TPSA) is 49.4 Å². The second-order valence-electron chi connectivity index (χ2n) is 4.58. The standard InChI is InChI=1S/C14H17FN2O2/c1-2-8-16-12(18)9-17-13(19)7-6-10-4-3-5-11(15)14(10)17/h3-5H,2,6-9H2,1H3,(H,16,18). The molecule has 5 heteroatoms. The van der Waals surface area contributed by atoms with Crippen LogP contribution in [0.2, 0.25) is 0 Å². The summed E-state index contributed by atoms with van der Waals surface area (Å²) in [5.74, 6) is -0.913. The molecule has 0 unspecified atom stereocenters. The van der Waals surface area contributed by atoms with E-state index in [4.69, 9.17) is 0 Å². The van der Waals surface area contributed by atoms with E-state index in [2.05, 4.69) is 5.32 Å². The van der Waals surface area contributed by atoms with Crippen molar-refractivity contribution in [1.82, 2.24) is 5.32 Å². The Labute approximate surface area is 111 Å². The van der Waals surface area contributed by atoms with E-state index in [-0.39, 0.29) is 24.0 Å². The van der Waals surface area contributed by atoms with E-state index in [1.807, 2.05) is 6.92 Å². The van der Waals surface area contributed by atoms with Gasteiger partial charge in [0, 0.05) is 13.0 Å². The van der Waals surface area contributed by atoms with Crippen LogP contribution in [0.3, 0.4) is 0 Å². The summed E-state index contributed by atoms with van der Waals surface area (Å²) in [6.07, 6.45) is 1.67. The summed E-state index contributed by atoms with van der Waals surface area (Å²) >= 11 is 0. The third-order valence-corrected chi connectivity index (χ3v) is 3.12. The number of benzene rings is 1. The molecule has 0 aromatic heterocycles. The van der Waals surface area contributed by atoms with E-state index in [9.17, 15) is 14.0 Å². The maximum atomic E-state index is 13.9. The van der Waals surface area contributed by atoms with Gasteiger partial charge < -0.3 is 5.32 Å². The number of hydrogen-bond acceptors (Lipinski definition) is 2. The van der Waals surface area contributed by atoms with Crippen molar-refractivity contribution in [2.45, 2.75) is 26.2 Å². The maximum Gasteiger partial charge on any atom is 0.240 e. The fourth-order valence-electron chi connectivity index (χ4n) is 2.20. The Bertz CT molecular complexity index is 502.